The van der Waals surface area contributed by atoms with E-state index < -0.39 is 0 Å². The van der Waals surface area contributed by atoms with Crippen LogP contribution in [0, 0.1) is 0 Å². The van der Waals surface area contributed by atoms with Crippen molar-refractivity contribution in [1.82, 2.24) is 0 Å². The maximum atomic E-state index is 5.59. The fourth-order valence-corrected chi connectivity index (χ4v) is 1.49. The zero-order valence-electron chi connectivity index (χ0n) is 6.94. The van der Waals surface area contributed by atoms with Crippen LogP contribution in [0.3, 0.4) is 0 Å². The summed E-state index contributed by atoms with van der Waals surface area (Å²) in [5, 5.41) is 0. The van der Waals surface area contributed by atoms with Crippen molar-refractivity contribution in [3.8, 4) is 0 Å². The Bertz CT molecular complexity index is 111. The third-order valence-electron chi connectivity index (χ3n) is 2.04. The minimum absolute atomic E-state index is 0.297. The Labute approximate surface area is 72.8 Å². The van der Waals surface area contributed by atoms with Crippen molar-refractivity contribution < 1.29 is 9.47 Å². The summed E-state index contributed by atoms with van der Waals surface area (Å²) in [5.41, 5.74) is 0. The Hall–Kier alpha value is 0.210. The van der Waals surface area contributed by atoms with Gasteiger partial charge in [-0.25, -0.2) is 0 Å². The van der Waals surface area contributed by atoms with E-state index in [1.807, 2.05) is 0 Å². The summed E-state index contributed by atoms with van der Waals surface area (Å²) in [5.74, 6) is 0.392. The lowest BCUT2D eigenvalue weighted by atomic mass is 10.1. The van der Waals surface area contributed by atoms with Gasteiger partial charge in [0.1, 0.15) is 0 Å². The van der Waals surface area contributed by atoms with Gasteiger partial charge in [-0.05, 0) is 12.8 Å². The highest BCUT2D eigenvalue weighted by molar-refractivity contribution is 6.17. The van der Waals surface area contributed by atoms with Crippen molar-refractivity contribution in [2.45, 2.75) is 32.0 Å². The maximum absolute atomic E-state index is 5.59. The summed E-state index contributed by atoms with van der Waals surface area (Å²) in [6.07, 6.45) is 2.81. The molecule has 1 aliphatic heterocycles. The van der Waals surface area contributed by atoms with Crippen molar-refractivity contribution in [3.63, 3.8) is 0 Å². The Kier molecular flexibility index (Phi) is 3.63. The summed E-state index contributed by atoms with van der Waals surface area (Å²) in [6, 6.07) is 0. The first-order valence-electron chi connectivity index (χ1n) is 4.17. The van der Waals surface area contributed by atoms with E-state index in [0.29, 0.717) is 5.88 Å². The van der Waals surface area contributed by atoms with E-state index in [9.17, 15) is 0 Å². The normalized spacial score (nSPS) is 22.4. The monoisotopic (exact) mass is 178 g/mol. The molecule has 0 spiro atoms. The molecule has 0 aromatic rings. The molecule has 0 aromatic heterocycles. The molecule has 11 heavy (non-hydrogen) atoms. The van der Waals surface area contributed by atoms with E-state index in [1.54, 1.807) is 0 Å². The van der Waals surface area contributed by atoms with Crippen molar-refractivity contribution in [1.29, 1.82) is 0 Å². The molecule has 0 aliphatic carbocycles. The number of rotatable bonds is 4. The molecule has 1 heterocycles. The molecule has 0 saturated carbocycles. The predicted molar refractivity (Wildman–Crippen MR) is 44.9 cm³/mol. The molecule has 0 N–H and O–H groups in total. The van der Waals surface area contributed by atoms with Crippen LogP contribution in [-0.2, 0) is 9.47 Å². The first-order valence-corrected chi connectivity index (χ1v) is 4.70. The second kappa shape index (κ2) is 4.29. The fraction of sp³-hybridized carbons (Fsp3) is 1.00. The molecule has 0 aromatic carbocycles. The second-order valence-corrected chi connectivity index (χ2v) is 3.13. The van der Waals surface area contributed by atoms with Crippen LogP contribution < -0.4 is 0 Å². The molecular weight excluding hydrogens is 164 g/mol. The highest BCUT2D eigenvalue weighted by Gasteiger charge is 2.33. The highest BCUT2D eigenvalue weighted by atomic mass is 35.5. The van der Waals surface area contributed by atoms with Gasteiger partial charge in [0.2, 0.25) is 0 Å². The van der Waals surface area contributed by atoms with Crippen LogP contribution in [0.25, 0.3) is 0 Å². The van der Waals surface area contributed by atoms with Gasteiger partial charge in [-0.1, -0.05) is 6.92 Å². The Morgan fingerprint density at radius 2 is 2.00 bits per heavy atom. The molecule has 1 aliphatic rings. The minimum Gasteiger partial charge on any atom is -0.348 e. The zero-order valence-corrected chi connectivity index (χ0v) is 7.69. The molecule has 1 rings (SSSR count). The van der Waals surface area contributed by atoms with Crippen molar-refractivity contribution >= 4 is 11.6 Å². The number of hydrogen-bond donors (Lipinski definition) is 0. The van der Waals surface area contributed by atoms with Gasteiger partial charge in [0.25, 0.3) is 0 Å². The largest absolute Gasteiger partial charge is 0.348 e. The second-order valence-electron chi connectivity index (χ2n) is 2.75. The fourth-order valence-electron chi connectivity index (χ4n) is 1.36. The first kappa shape index (κ1) is 9.30. The Balaban J connectivity index is 2.33. The summed E-state index contributed by atoms with van der Waals surface area (Å²) in [6.45, 7) is 3.55. The molecule has 2 nitrogen and oxygen atoms in total. The van der Waals surface area contributed by atoms with Crippen molar-refractivity contribution in [2.24, 2.45) is 0 Å². The van der Waals surface area contributed by atoms with Gasteiger partial charge in [-0.3, -0.25) is 0 Å². The van der Waals surface area contributed by atoms with E-state index >= 15 is 0 Å². The van der Waals surface area contributed by atoms with Crippen LogP contribution in [0.4, 0.5) is 0 Å². The number of alkyl halides is 1. The SMILES string of the molecule is CCC1(CCCCl)OCCO1. The van der Waals surface area contributed by atoms with Gasteiger partial charge < -0.3 is 9.47 Å². The van der Waals surface area contributed by atoms with Crippen LogP contribution >= 0.6 is 11.6 Å². The van der Waals surface area contributed by atoms with Crippen LogP contribution in [-0.4, -0.2) is 24.9 Å². The van der Waals surface area contributed by atoms with Gasteiger partial charge in [-0.15, -0.1) is 11.6 Å². The number of hydrogen-bond acceptors (Lipinski definition) is 2. The summed E-state index contributed by atoms with van der Waals surface area (Å²) >= 11 is 5.59. The van der Waals surface area contributed by atoms with Gasteiger partial charge in [-0.2, -0.15) is 0 Å². The van der Waals surface area contributed by atoms with Crippen LogP contribution in [0.1, 0.15) is 26.2 Å². The van der Waals surface area contributed by atoms with Crippen molar-refractivity contribution in [2.75, 3.05) is 19.1 Å². The molecule has 0 radical (unpaired) electrons. The summed E-state index contributed by atoms with van der Waals surface area (Å²) < 4.78 is 11.0. The lowest BCUT2D eigenvalue weighted by Gasteiger charge is -2.25. The quantitative estimate of drug-likeness (QED) is 0.615. The molecule has 3 heteroatoms. The molecule has 1 saturated heterocycles. The van der Waals surface area contributed by atoms with Gasteiger partial charge >= 0.3 is 0 Å². The molecule has 0 unspecified atom stereocenters. The lowest BCUT2D eigenvalue weighted by Crippen LogP contribution is -2.28. The van der Waals surface area contributed by atoms with Crippen LogP contribution in [0.15, 0.2) is 0 Å². The molecule has 0 atom stereocenters. The third-order valence-corrected chi connectivity index (χ3v) is 2.31. The summed E-state index contributed by atoms with van der Waals surface area (Å²) in [7, 11) is 0. The number of halogens is 1. The summed E-state index contributed by atoms with van der Waals surface area (Å²) in [4.78, 5) is 0. The third kappa shape index (κ3) is 2.32. The smallest absolute Gasteiger partial charge is 0.168 e. The first-order chi connectivity index (χ1) is 5.33. The average molecular weight is 179 g/mol. The van der Waals surface area contributed by atoms with E-state index in [2.05, 4.69) is 6.92 Å². The van der Waals surface area contributed by atoms with Gasteiger partial charge in [0.15, 0.2) is 5.79 Å². The van der Waals surface area contributed by atoms with E-state index in [1.165, 1.54) is 0 Å². The standard InChI is InChI=1S/C8H15ClO2/c1-2-8(4-3-5-9)10-6-7-11-8/h2-7H2,1H3. The molecular formula is C8H15ClO2. The van der Waals surface area contributed by atoms with Crippen LogP contribution in [0.5, 0.6) is 0 Å². The zero-order chi connectivity index (χ0) is 8.16. The maximum Gasteiger partial charge on any atom is 0.168 e. The van der Waals surface area contributed by atoms with E-state index in [-0.39, 0.29) is 5.79 Å². The Morgan fingerprint density at radius 1 is 1.36 bits per heavy atom. The molecule has 0 bridgehead atoms. The van der Waals surface area contributed by atoms with E-state index in [0.717, 1.165) is 32.5 Å². The van der Waals surface area contributed by atoms with Crippen molar-refractivity contribution in [3.05, 3.63) is 0 Å². The molecule has 1 fully saturated rings. The molecule has 66 valence electrons. The van der Waals surface area contributed by atoms with Crippen LogP contribution in [0.2, 0.25) is 0 Å². The van der Waals surface area contributed by atoms with Gasteiger partial charge in [0, 0.05) is 12.3 Å². The lowest BCUT2D eigenvalue weighted by molar-refractivity contribution is -0.163. The average Bonchev–Trinajstić information content (AvgIpc) is 2.50. The molecule has 0 amide bonds. The minimum atomic E-state index is -0.297. The number of ether oxygens (including phenoxy) is 2. The van der Waals surface area contributed by atoms with E-state index in [4.69, 9.17) is 21.1 Å². The highest BCUT2D eigenvalue weighted by Crippen LogP contribution is 2.28. The topological polar surface area (TPSA) is 18.5 Å². The van der Waals surface area contributed by atoms with Gasteiger partial charge in [0.05, 0.1) is 13.2 Å². The Morgan fingerprint density at radius 3 is 2.45 bits per heavy atom. The predicted octanol–water partition coefficient (Wildman–Crippen LogP) is 2.16.